The summed E-state index contributed by atoms with van der Waals surface area (Å²) >= 11 is 0. The fourth-order valence-corrected chi connectivity index (χ4v) is 3.24. The van der Waals surface area contributed by atoms with Gasteiger partial charge < -0.3 is 4.74 Å². The predicted octanol–water partition coefficient (Wildman–Crippen LogP) is 7.66. The minimum absolute atomic E-state index is 0.227. The van der Waals surface area contributed by atoms with Gasteiger partial charge in [-0.2, -0.15) is 26.3 Å². The van der Waals surface area contributed by atoms with Crippen LogP contribution in [0.4, 0.5) is 39.5 Å². The zero-order chi connectivity index (χ0) is 25.3. The van der Waals surface area contributed by atoms with Crippen LogP contribution in [0.25, 0.3) is 0 Å². The average molecular weight is 474 g/mol. The Kier molecular flexibility index (Phi) is 8.66. The van der Waals surface area contributed by atoms with Crippen LogP contribution in [0.2, 0.25) is 0 Å². The minimum Gasteiger partial charge on any atom is -0.465 e. The topological polar surface area (TPSA) is 26.3 Å². The summed E-state index contributed by atoms with van der Waals surface area (Å²) in [6, 6.07) is 0. The van der Waals surface area contributed by atoms with Gasteiger partial charge in [-0.05, 0) is 30.6 Å². The van der Waals surface area contributed by atoms with Gasteiger partial charge >= 0.3 is 29.9 Å². The van der Waals surface area contributed by atoms with E-state index in [1.807, 2.05) is 20.8 Å². The van der Waals surface area contributed by atoms with Crippen LogP contribution >= 0.6 is 0 Å². The zero-order valence-corrected chi connectivity index (χ0v) is 18.8. The van der Waals surface area contributed by atoms with E-state index in [1.54, 1.807) is 20.8 Å². The van der Waals surface area contributed by atoms with Crippen LogP contribution in [-0.2, 0) is 9.53 Å². The third kappa shape index (κ3) is 5.80. The van der Waals surface area contributed by atoms with Crippen molar-refractivity contribution >= 4 is 5.97 Å². The first kappa shape index (κ1) is 29.8. The summed E-state index contributed by atoms with van der Waals surface area (Å²) in [6.07, 6.45) is -14.8. The Bertz CT molecular complexity index is 607. The summed E-state index contributed by atoms with van der Waals surface area (Å²) in [6.45, 7) is 10.8. The molecule has 186 valence electrons. The maximum atomic E-state index is 13.8. The number of hydrogen-bond acceptors (Lipinski definition) is 2. The number of carbonyl (C=O) groups is 1. The molecule has 0 aliphatic rings. The molecule has 0 spiro atoms. The highest BCUT2D eigenvalue weighted by molar-refractivity contribution is 5.77. The van der Waals surface area contributed by atoms with Crippen LogP contribution in [0.3, 0.4) is 0 Å². The van der Waals surface area contributed by atoms with Crippen LogP contribution in [0.5, 0.6) is 0 Å². The Morgan fingerprint density at radius 3 is 1.48 bits per heavy atom. The molecular weight excluding hydrogens is 443 g/mol. The predicted molar refractivity (Wildman–Crippen MR) is 97.3 cm³/mol. The number of ether oxygens (including phenoxy) is 1. The van der Waals surface area contributed by atoms with Crippen molar-refractivity contribution in [2.45, 2.75) is 98.1 Å². The van der Waals surface area contributed by atoms with Crippen LogP contribution in [0.15, 0.2) is 0 Å². The molecule has 0 amide bonds. The summed E-state index contributed by atoms with van der Waals surface area (Å²) < 4.78 is 122. The van der Waals surface area contributed by atoms with Gasteiger partial charge in [0.25, 0.3) is 0 Å². The lowest BCUT2D eigenvalue weighted by Crippen LogP contribution is -2.64. The molecule has 1 atom stereocenters. The number of esters is 1. The number of rotatable bonds is 10. The molecule has 0 aliphatic heterocycles. The first-order valence-electron chi connectivity index (χ1n) is 9.83. The summed E-state index contributed by atoms with van der Waals surface area (Å²) in [5.41, 5.74) is -9.18. The van der Waals surface area contributed by atoms with E-state index in [2.05, 4.69) is 0 Å². The highest BCUT2D eigenvalue weighted by Gasteiger charge is 2.83. The number of carbonyl (C=O) groups excluding carboxylic acids is 1. The van der Waals surface area contributed by atoms with Gasteiger partial charge in [0.05, 0.1) is 12.0 Å². The summed E-state index contributed by atoms with van der Waals surface area (Å²) in [4.78, 5) is 12.8. The van der Waals surface area contributed by atoms with Crippen LogP contribution < -0.4 is 0 Å². The van der Waals surface area contributed by atoms with Crippen molar-refractivity contribution < 1.29 is 49.0 Å². The van der Waals surface area contributed by atoms with Crippen molar-refractivity contribution in [3.05, 3.63) is 0 Å². The summed E-state index contributed by atoms with van der Waals surface area (Å²) in [7, 11) is 0. The summed E-state index contributed by atoms with van der Waals surface area (Å²) in [5, 5.41) is 0. The van der Waals surface area contributed by atoms with Gasteiger partial charge in [0.15, 0.2) is 0 Å². The average Bonchev–Trinajstić information content (AvgIpc) is 2.57. The number of alkyl halides is 9. The van der Waals surface area contributed by atoms with Gasteiger partial charge in [0, 0.05) is 6.42 Å². The lowest BCUT2D eigenvalue weighted by Gasteiger charge is -2.46. The molecule has 11 heteroatoms. The zero-order valence-electron chi connectivity index (χ0n) is 18.8. The second-order valence-electron chi connectivity index (χ2n) is 9.51. The standard InChI is InChI=1S/C20H31F9O2/c1-8-14(3,4)12-16(7,15(5,6)9-2)13(30)31-11-10-17(21,22)18(23,19(24,25)26)20(27,28)29/h8-12H2,1-7H3. The lowest BCUT2D eigenvalue weighted by atomic mass is 9.58. The summed E-state index contributed by atoms with van der Waals surface area (Å²) in [5.74, 6) is -6.94. The SMILES string of the molecule is CCC(C)(C)CC(C)(C(=O)OCCC(F)(F)C(F)(C(F)(F)F)C(F)(F)F)C(C)(C)CC. The van der Waals surface area contributed by atoms with E-state index in [-0.39, 0.29) is 6.42 Å². The Balaban J connectivity index is 5.75. The third-order valence-corrected chi connectivity index (χ3v) is 6.55. The Labute approximate surface area is 176 Å². The van der Waals surface area contributed by atoms with Gasteiger partial charge in [-0.15, -0.1) is 0 Å². The van der Waals surface area contributed by atoms with Crippen molar-refractivity contribution in [2.24, 2.45) is 16.2 Å². The van der Waals surface area contributed by atoms with E-state index >= 15 is 0 Å². The number of halogens is 9. The first-order valence-corrected chi connectivity index (χ1v) is 9.83. The maximum absolute atomic E-state index is 13.8. The van der Waals surface area contributed by atoms with Crippen molar-refractivity contribution in [3.8, 4) is 0 Å². The quantitative estimate of drug-likeness (QED) is 0.240. The molecule has 0 heterocycles. The molecule has 0 radical (unpaired) electrons. The molecule has 0 bridgehead atoms. The second-order valence-corrected chi connectivity index (χ2v) is 9.51. The van der Waals surface area contributed by atoms with E-state index in [0.717, 1.165) is 0 Å². The molecule has 0 aromatic heterocycles. The molecule has 0 saturated carbocycles. The molecule has 0 aliphatic carbocycles. The monoisotopic (exact) mass is 474 g/mol. The van der Waals surface area contributed by atoms with Crippen molar-refractivity contribution in [3.63, 3.8) is 0 Å². The fraction of sp³-hybridized carbons (Fsp3) is 0.950. The molecule has 2 nitrogen and oxygen atoms in total. The normalized spacial score (nSPS) is 16.8. The third-order valence-electron chi connectivity index (χ3n) is 6.55. The van der Waals surface area contributed by atoms with Crippen molar-refractivity contribution in [1.82, 2.24) is 0 Å². The Hall–Kier alpha value is -1.16. The van der Waals surface area contributed by atoms with E-state index in [1.165, 1.54) is 6.92 Å². The molecule has 0 rings (SSSR count). The molecule has 0 N–H and O–H groups in total. The minimum atomic E-state index is -6.91. The first-order chi connectivity index (χ1) is 13.5. The Morgan fingerprint density at radius 2 is 1.16 bits per heavy atom. The molecular formula is C20H31F9O2. The molecule has 0 saturated heterocycles. The van der Waals surface area contributed by atoms with Gasteiger partial charge in [0.1, 0.15) is 0 Å². The Morgan fingerprint density at radius 1 is 0.742 bits per heavy atom. The highest BCUT2D eigenvalue weighted by Crippen LogP contribution is 2.56. The van der Waals surface area contributed by atoms with E-state index in [4.69, 9.17) is 4.74 Å². The molecule has 0 aromatic carbocycles. The second kappa shape index (κ2) is 9.00. The van der Waals surface area contributed by atoms with Gasteiger partial charge in [0.2, 0.25) is 0 Å². The van der Waals surface area contributed by atoms with Crippen molar-refractivity contribution in [1.29, 1.82) is 0 Å². The van der Waals surface area contributed by atoms with Gasteiger partial charge in [-0.3, -0.25) is 4.79 Å². The molecule has 0 aromatic rings. The van der Waals surface area contributed by atoms with E-state index in [0.29, 0.717) is 12.8 Å². The smallest absolute Gasteiger partial charge is 0.437 e. The van der Waals surface area contributed by atoms with Gasteiger partial charge in [-0.25, -0.2) is 13.2 Å². The maximum Gasteiger partial charge on any atom is 0.437 e. The highest BCUT2D eigenvalue weighted by atomic mass is 19.4. The lowest BCUT2D eigenvalue weighted by molar-refractivity contribution is -0.397. The van der Waals surface area contributed by atoms with Crippen molar-refractivity contribution in [2.75, 3.05) is 6.61 Å². The number of hydrogen-bond donors (Lipinski definition) is 0. The van der Waals surface area contributed by atoms with Crippen LogP contribution in [0.1, 0.15) is 74.1 Å². The van der Waals surface area contributed by atoms with Crippen LogP contribution in [-0.4, -0.2) is 36.5 Å². The molecule has 1 unspecified atom stereocenters. The largest absolute Gasteiger partial charge is 0.465 e. The van der Waals surface area contributed by atoms with E-state index < -0.39 is 59.2 Å². The van der Waals surface area contributed by atoms with Crippen LogP contribution in [0, 0.1) is 16.2 Å². The molecule has 31 heavy (non-hydrogen) atoms. The molecule has 0 fully saturated rings. The van der Waals surface area contributed by atoms with Gasteiger partial charge in [-0.1, -0.05) is 48.0 Å². The van der Waals surface area contributed by atoms with E-state index in [9.17, 15) is 44.3 Å². The fourth-order valence-electron chi connectivity index (χ4n) is 3.24.